The molecule has 7 heteroatoms. The SMILES string of the molecule is CCNC(=NCCc1ccc(OC)c(OC)c1)NCCc1ccc2c(c1)CCO2.I. The second-order valence-corrected chi connectivity index (χ2v) is 6.92. The van der Waals surface area contributed by atoms with E-state index in [1.165, 1.54) is 16.7 Å². The number of fused-ring (bicyclic) bond motifs is 1. The summed E-state index contributed by atoms with van der Waals surface area (Å²) in [5.74, 6) is 3.37. The molecule has 0 bridgehead atoms. The van der Waals surface area contributed by atoms with Crippen LogP contribution in [0.15, 0.2) is 41.4 Å². The maximum absolute atomic E-state index is 5.58. The minimum Gasteiger partial charge on any atom is -0.493 e. The number of nitrogens with one attached hydrogen (secondary N) is 2. The molecule has 30 heavy (non-hydrogen) atoms. The maximum atomic E-state index is 5.58. The molecule has 1 aliphatic heterocycles. The van der Waals surface area contributed by atoms with Gasteiger partial charge in [0.25, 0.3) is 0 Å². The molecule has 1 aliphatic rings. The van der Waals surface area contributed by atoms with E-state index >= 15 is 0 Å². The second-order valence-electron chi connectivity index (χ2n) is 6.92. The van der Waals surface area contributed by atoms with E-state index in [-0.39, 0.29) is 24.0 Å². The van der Waals surface area contributed by atoms with Gasteiger partial charge in [0.15, 0.2) is 17.5 Å². The van der Waals surface area contributed by atoms with Crippen molar-refractivity contribution in [2.75, 3.05) is 40.5 Å². The number of rotatable bonds is 9. The predicted molar refractivity (Wildman–Crippen MR) is 132 cm³/mol. The summed E-state index contributed by atoms with van der Waals surface area (Å²) >= 11 is 0. The van der Waals surface area contributed by atoms with Crippen LogP contribution in [-0.2, 0) is 19.3 Å². The van der Waals surface area contributed by atoms with E-state index in [1.54, 1.807) is 14.2 Å². The second kappa shape index (κ2) is 12.5. The van der Waals surface area contributed by atoms with E-state index in [4.69, 9.17) is 19.2 Å². The lowest BCUT2D eigenvalue weighted by atomic mass is 10.1. The van der Waals surface area contributed by atoms with Crippen molar-refractivity contribution in [3.05, 3.63) is 53.1 Å². The summed E-state index contributed by atoms with van der Waals surface area (Å²) < 4.78 is 16.2. The standard InChI is InChI=1S/C23H31N3O3.HI/c1-4-24-23(25-12-9-17-5-7-20-19(15-17)11-14-29-20)26-13-10-18-6-8-21(27-2)22(16-18)28-3;/h5-8,15-16H,4,9-14H2,1-3H3,(H2,24,25,26);1H. The predicted octanol–water partition coefficient (Wildman–Crippen LogP) is 3.60. The van der Waals surface area contributed by atoms with Crippen LogP contribution in [0.25, 0.3) is 0 Å². The zero-order chi connectivity index (χ0) is 20.5. The monoisotopic (exact) mass is 525 g/mol. The average molecular weight is 525 g/mol. The molecule has 0 spiro atoms. The third-order valence-corrected chi connectivity index (χ3v) is 4.92. The molecule has 0 unspecified atom stereocenters. The molecule has 6 nitrogen and oxygen atoms in total. The molecule has 0 atom stereocenters. The lowest BCUT2D eigenvalue weighted by Gasteiger charge is -2.12. The normalized spacial score (nSPS) is 12.4. The Bertz CT molecular complexity index is 842. The third kappa shape index (κ3) is 6.68. The Kier molecular flexibility index (Phi) is 10.1. The van der Waals surface area contributed by atoms with E-state index in [9.17, 15) is 0 Å². The number of benzene rings is 2. The minimum absolute atomic E-state index is 0. The molecule has 2 aromatic carbocycles. The van der Waals surface area contributed by atoms with Crippen LogP contribution >= 0.6 is 24.0 Å². The van der Waals surface area contributed by atoms with Crippen molar-refractivity contribution in [3.8, 4) is 17.2 Å². The molecule has 1 heterocycles. The molecule has 164 valence electrons. The van der Waals surface area contributed by atoms with Gasteiger partial charge in [0.2, 0.25) is 0 Å². The van der Waals surface area contributed by atoms with Crippen molar-refractivity contribution in [3.63, 3.8) is 0 Å². The Labute approximate surface area is 196 Å². The maximum Gasteiger partial charge on any atom is 0.191 e. The van der Waals surface area contributed by atoms with Crippen LogP contribution in [-0.4, -0.2) is 46.4 Å². The number of ether oxygens (including phenoxy) is 3. The summed E-state index contributed by atoms with van der Waals surface area (Å²) in [4.78, 5) is 4.70. The molecule has 2 N–H and O–H groups in total. The van der Waals surface area contributed by atoms with Gasteiger partial charge < -0.3 is 24.8 Å². The van der Waals surface area contributed by atoms with E-state index in [0.29, 0.717) is 6.54 Å². The smallest absolute Gasteiger partial charge is 0.191 e. The molecule has 0 aliphatic carbocycles. The highest BCUT2D eigenvalue weighted by atomic mass is 127. The first kappa shape index (κ1) is 24.1. The van der Waals surface area contributed by atoms with Crippen LogP contribution in [0.3, 0.4) is 0 Å². The van der Waals surface area contributed by atoms with Gasteiger partial charge in [0.1, 0.15) is 5.75 Å². The first-order valence-electron chi connectivity index (χ1n) is 10.2. The highest BCUT2D eigenvalue weighted by Crippen LogP contribution is 2.28. The number of guanidine groups is 1. The number of hydrogen-bond donors (Lipinski definition) is 2. The molecule has 0 amide bonds. The summed E-state index contributed by atoms with van der Waals surface area (Å²) in [5.41, 5.74) is 3.81. The molecular formula is C23H32IN3O3. The Morgan fingerprint density at radius 1 is 1.00 bits per heavy atom. The Morgan fingerprint density at radius 2 is 1.77 bits per heavy atom. The van der Waals surface area contributed by atoms with Gasteiger partial charge in [-0.3, -0.25) is 4.99 Å². The number of nitrogens with zero attached hydrogens (tertiary/aromatic N) is 1. The fourth-order valence-electron chi connectivity index (χ4n) is 3.40. The average Bonchev–Trinajstić information content (AvgIpc) is 3.21. The molecule has 0 saturated heterocycles. The van der Waals surface area contributed by atoms with E-state index in [0.717, 1.165) is 62.2 Å². The molecule has 0 radical (unpaired) electrons. The largest absolute Gasteiger partial charge is 0.493 e. The Balaban J connectivity index is 0.00000320. The number of methoxy groups -OCH3 is 2. The topological polar surface area (TPSA) is 64.1 Å². The number of aliphatic imine (C=N–C) groups is 1. The van der Waals surface area contributed by atoms with E-state index in [1.807, 2.05) is 12.1 Å². The van der Waals surface area contributed by atoms with Crippen molar-refractivity contribution in [2.45, 2.75) is 26.2 Å². The molecule has 0 fully saturated rings. The Hall–Kier alpha value is -2.16. The highest BCUT2D eigenvalue weighted by molar-refractivity contribution is 14.0. The van der Waals surface area contributed by atoms with Gasteiger partial charge in [-0.2, -0.15) is 0 Å². The van der Waals surface area contributed by atoms with Gasteiger partial charge in [-0.05, 0) is 54.7 Å². The summed E-state index contributed by atoms with van der Waals surface area (Å²) in [6.07, 6.45) is 2.80. The van der Waals surface area contributed by atoms with Crippen LogP contribution in [0, 0.1) is 0 Å². The fourth-order valence-corrected chi connectivity index (χ4v) is 3.40. The summed E-state index contributed by atoms with van der Waals surface area (Å²) in [5, 5.41) is 6.74. The molecule has 0 saturated carbocycles. The number of halogens is 1. The zero-order valence-electron chi connectivity index (χ0n) is 18.0. The van der Waals surface area contributed by atoms with Crippen molar-refractivity contribution in [1.29, 1.82) is 0 Å². The lowest BCUT2D eigenvalue weighted by Crippen LogP contribution is -2.38. The van der Waals surface area contributed by atoms with Gasteiger partial charge in [0.05, 0.1) is 20.8 Å². The van der Waals surface area contributed by atoms with Gasteiger partial charge in [-0.1, -0.05) is 18.2 Å². The van der Waals surface area contributed by atoms with Crippen LogP contribution in [0.4, 0.5) is 0 Å². The molecule has 3 rings (SSSR count). The Morgan fingerprint density at radius 3 is 2.53 bits per heavy atom. The zero-order valence-corrected chi connectivity index (χ0v) is 20.3. The summed E-state index contributed by atoms with van der Waals surface area (Å²) in [7, 11) is 3.30. The molecule has 2 aromatic rings. The lowest BCUT2D eigenvalue weighted by molar-refractivity contribution is 0.354. The first-order valence-corrected chi connectivity index (χ1v) is 10.2. The highest BCUT2D eigenvalue weighted by Gasteiger charge is 2.11. The van der Waals surface area contributed by atoms with Gasteiger partial charge in [-0.25, -0.2) is 0 Å². The first-order chi connectivity index (χ1) is 14.2. The van der Waals surface area contributed by atoms with Crippen LogP contribution in [0.2, 0.25) is 0 Å². The van der Waals surface area contributed by atoms with Gasteiger partial charge in [-0.15, -0.1) is 24.0 Å². The van der Waals surface area contributed by atoms with Crippen molar-refractivity contribution < 1.29 is 14.2 Å². The third-order valence-electron chi connectivity index (χ3n) is 4.92. The molecular weight excluding hydrogens is 493 g/mol. The summed E-state index contributed by atoms with van der Waals surface area (Å²) in [6, 6.07) is 12.5. The number of hydrogen-bond acceptors (Lipinski definition) is 4. The van der Waals surface area contributed by atoms with Crippen molar-refractivity contribution in [1.82, 2.24) is 10.6 Å². The van der Waals surface area contributed by atoms with Gasteiger partial charge >= 0.3 is 0 Å². The summed E-state index contributed by atoms with van der Waals surface area (Å²) in [6.45, 7) is 5.24. The van der Waals surface area contributed by atoms with Crippen LogP contribution in [0.1, 0.15) is 23.6 Å². The van der Waals surface area contributed by atoms with Crippen LogP contribution in [0.5, 0.6) is 17.2 Å². The van der Waals surface area contributed by atoms with Gasteiger partial charge in [0, 0.05) is 26.1 Å². The minimum atomic E-state index is 0. The van der Waals surface area contributed by atoms with E-state index in [2.05, 4.69) is 41.8 Å². The van der Waals surface area contributed by atoms with Crippen LogP contribution < -0.4 is 24.8 Å². The quantitative estimate of drug-likeness (QED) is 0.298. The van der Waals surface area contributed by atoms with Crippen molar-refractivity contribution in [2.24, 2.45) is 4.99 Å². The van der Waals surface area contributed by atoms with E-state index < -0.39 is 0 Å². The fraction of sp³-hybridized carbons (Fsp3) is 0.435. The molecule has 0 aromatic heterocycles. The van der Waals surface area contributed by atoms with Crippen molar-refractivity contribution >= 4 is 29.9 Å².